The number of nitrogens with two attached hydrogens (primary N) is 1. The molecule has 0 radical (unpaired) electrons. The monoisotopic (exact) mass is 410 g/mol. The molecule has 1 atom stereocenters. The van der Waals surface area contributed by atoms with Gasteiger partial charge in [0.1, 0.15) is 5.58 Å². The Hall–Kier alpha value is -0.560. The Bertz CT molecular complexity index is 601. The predicted octanol–water partition coefficient (Wildman–Crippen LogP) is 3.46. The van der Waals surface area contributed by atoms with E-state index in [1.54, 1.807) is 6.07 Å². The van der Waals surface area contributed by atoms with Gasteiger partial charge in [-0.15, -0.1) is 12.4 Å². The molecule has 0 aliphatic heterocycles. The van der Waals surface area contributed by atoms with Crippen LogP contribution in [-0.2, 0) is 0 Å². The Labute approximate surface area is 133 Å². The molecule has 0 aliphatic rings. The van der Waals surface area contributed by atoms with Crippen LogP contribution < -0.4 is 11.1 Å². The van der Waals surface area contributed by atoms with Gasteiger partial charge in [-0.25, -0.2) is 0 Å². The number of furan rings is 1. The van der Waals surface area contributed by atoms with Gasteiger partial charge in [0.15, 0.2) is 5.76 Å². The van der Waals surface area contributed by atoms with E-state index in [4.69, 9.17) is 10.2 Å². The first-order chi connectivity index (χ1) is 8.51. The van der Waals surface area contributed by atoms with Gasteiger partial charge in [-0.1, -0.05) is 15.9 Å². The normalized spacial score (nSPS) is 12.0. The summed E-state index contributed by atoms with van der Waals surface area (Å²) < 4.78 is 7.27. The number of hydrogen-bond donors (Lipinski definition) is 2. The summed E-state index contributed by atoms with van der Waals surface area (Å²) in [5.74, 6) is 0.0243. The largest absolute Gasteiger partial charge is 0.450 e. The summed E-state index contributed by atoms with van der Waals surface area (Å²) in [6, 6.07) is 5.40. The minimum Gasteiger partial charge on any atom is -0.450 e. The highest BCUT2D eigenvalue weighted by Gasteiger charge is 2.15. The number of halogens is 3. The van der Waals surface area contributed by atoms with Gasteiger partial charge in [0.2, 0.25) is 0 Å². The van der Waals surface area contributed by atoms with Crippen LogP contribution in [0.25, 0.3) is 11.0 Å². The fourth-order valence-corrected chi connectivity index (χ4v) is 2.88. The maximum atomic E-state index is 11.9. The van der Waals surface area contributed by atoms with E-state index in [2.05, 4.69) is 37.2 Å². The Kier molecular flexibility index (Phi) is 5.85. The van der Waals surface area contributed by atoms with Crippen LogP contribution in [0.1, 0.15) is 17.5 Å². The van der Waals surface area contributed by atoms with E-state index in [0.29, 0.717) is 12.1 Å². The number of nitrogens with one attached hydrogen (secondary N) is 1. The van der Waals surface area contributed by atoms with Crippen LogP contribution in [0.4, 0.5) is 0 Å². The van der Waals surface area contributed by atoms with E-state index in [9.17, 15) is 4.79 Å². The molecule has 1 amide bonds. The summed E-state index contributed by atoms with van der Waals surface area (Å²) in [6.45, 7) is 2.23. The second kappa shape index (κ2) is 6.74. The van der Waals surface area contributed by atoms with Gasteiger partial charge in [-0.2, -0.15) is 0 Å². The average molecular weight is 413 g/mol. The molecule has 4 nitrogen and oxygen atoms in total. The molecule has 0 bridgehead atoms. The smallest absolute Gasteiger partial charge is 0.287 e. The number of fused-ring (bicyclic) bond motifs is 1. The van der Waals surface area contributed by atoms with E-state index in [0.717, 1.165) is 14.3 Å². The molecule has 0 saturated carbocycles. The summed E-state index contributed by atoms with van der Waals surface area (Å²) in [6.07, 6.45) is 0. The fraction of sp³-hybridized carbons (Fsp3) is 0.250. The molecular weight excluding hydrogens is 399 g/mol. The number of amides is 1. The van der Waals surface area contributed by atoms with Crippen molar-refractivity contribution >= 4 is 61.1 Å². The van der Waals surface area contributed by atoms with Crippen LogP contribution >= 0.6 is 44.3 Å². The minimum absolute atomic E-state index is 0. The summed E-state index contributed by atoms with van der Waals surface area (Å²) in [4.78, 5) is 11.9. The average Bonchev–Trinajstić information content (AvgIpc) is 2.72. The van der Waals surface area contributed by atoms with Crippen molar-refractivity contribution in [2.24, 2.45) is 5.73 Å². The van der Waals surface area contributed by atoms with Crippen molar-refractivity contribution in [2.75, 3.05) is 6.54 Å². The third-order valence-corrected chi connectivity index (χ3v) is 3.54. The van der Waals surface area contributed by atoms with Gasteiger partial charge >= 0.3 is 0 Å². The summed E-state index contributed by atoms with van der Waals surface area (Å²) in [5, 5.41) is 3.62. The minimum atomic E-state index is -0.257. The van der Waals surface area contributed by atoms with Crippen molar-refractivity contribution in [3.63, 3.8) is 0 Å². The van der Waals surface area contributed by atoms with E-state index in [-0.39, 0.29) is 30.1 Å². The van der Waals surface area contributed by atoms with Crippen LogP contribution in [0.15, 0.2) is 31.6 Å². The molecule has 0 spiro atoms. The van der Waals surface area contributed by atoms with E-state index < -0.39 is 0 Å². The van der Waals surface area contributed by atoms with Crippen LogP contribution in [0.2, 0.25) is 0 Å². The predicted molar refractivity (Wildman–Crippen MR) is 84.8 cm³/mol. The number of carbonyl (C=O) groups is 1. The highest BCUT2D eigenvalue weighted by atomic mass is 79.9. The van der Waals surface area contributed by atoms with Crippen molar-refractivity contribution in [1.82, 2.24) is 5.32 Å². The zero-order valence-corrected chi connectivity index (χ0v) is 14.1. The van der Waals surface area contributed by atoms with Crippen LogP contribution in [0, 0.1) is 0 Å². The third kappa shape index (κ3) is 3.72. The van der Waals surface area contributed by atoms with Crippen molar-refractivity contribution in [2.45, 2.75) is 13.0 Å². The van der Waals surface area contributed by atoms with E-state index >= 15 is 0 Å². The van der Waals surface area contributed by atoms with Crippen LogP contribution in [0.3, 0.4) is 0 Å². The second-order valence-corrected chi connectivity index (χ2v) is 5.80. The first-order valence-electron chi connectivity index (χ1n) is 5.40. The van der Waals surface area contributed by atoms with Crippen molar-refractivity contribution < 1.29 is 9.21 Å². The van der Waals surface area contributed by atoms with Gasteiger partial charge in [0.25, 0.3) is 5.91 Å². The van der Waals surface area contributed by atoms with Crippen molar-refractivity contribution in [1.29, 1.82) is 0 Å². The van der Waals surface area contributed by atoms with E-state index in [1.807, 2.05) is 19.1 Å². The molecule has 0 fully saturated rings. The lowest BCUT2D eigenvalue weighted by molar-refractivity contribution is 0.0915. The highest BCUT2D eigenvalue weighted by molar-refractivity contribution is 9.11. The zero-order valence-electron chi connectivity index (χ0n) is 10.1. The van der Waals surface area contributed by atoms with Gasteiger partial charge in [-0.05, 0) is 41.1 Å². The van der Waals surface area contributed by atoms with Crippen LogP contribution in [-0.4, -0.2) is 18.5 Å². The maximum absolute atomic E-state index is 11.9. The molecule has 0 aliphatic carbocycles. The number of rotatable bonds is 3. The lowest BCUT2D eigenvalue weighted by Gasteiger charge is -2.08. The molecule has 0 saturated heterocycles. The molecule has 3 N–H and O–H groups in total. The topological polar surface area (TPSA) is 68.3 Å². The summed E-state index contributed by atoms with van der Waals surface area (Å²) in [7, 11) is 0. The zero-order chi connectivity index (χ0) is 13.3. The molecule has 7 heteroatoms. The Morgan fingerprint density at radius 2 is 2.11 bits per heavy atom. The summed E-state index contributed by atoms with van der Waals surface area (Å²) >= 11 is 6.79. The quantitative estimate of drug-likeness (QED) is 0.811. The second-order valence-electron chi connectivity index (χ2n) is 4.03. The third-order valence-electron chi connectivity index (χ3n) is 2.49. The Morgan fingerprint density at radius 1 is 1.42 bits per heavy atom. The lowest BCUT2D eigenvalue weighted by Crippen LogP contribution is -2.37. The standard InChI is InChI=1S/C12H12Br2N2O2.ClH/c1-6(5-15)16-12(17)10-3-7-2-8(13)4-9(14)11(7)18-10;/h2-4,6H,5,15H2,1H3,(H,16,17);1H/t6-;/m0./s1. The molecule has 104 valence electrons. The SMILES string of the molecule is C[C@@H](CN)NC(=O)c1cc2cc(Br)cc(Br)c2o1.Cl. The van der Waals surface area contributed by atoms with Crippen molar-refractivity contribution in [3.05, 3.63) is 32.9 Å². The molecule has 19 heavy (non-hydrogen) atoms. The molecule has 1 aromatic carbocycles. The molecule has 2 aromatic rings. The van der Waals surface area contributed by atoms with Gasteiger partial charge in [0.05, 0.1) is 4.47 Å². The molecular formula is C12H13Br2ClN2O2. The number of benzene rings is 1. The fourth-order valence-electron chi connectivity index (χ4n) is 1.54. The molecule has 2 rings (SSSR count). The Morgan fingerprint density at radius 3 is 2.74 bits per heavy atom. The molecule has 1 aromatic heterocycles. The maximum Gasteiger partial charge on any atom is 0.287 e. The molecule has 0 unspecified atom stereocenters. The van der Waals surface area contributed by atoms with E-state index in [1.165, 1.54) is 0 Å². The number of carbonyl (C=O) groups excluding carboxylic acids is 1. The number of hydrogen-bond acceptors (Lipinski definition) is 3. The highest BCUT2D eigenvalue weighted by Crippen LogP contribution is 2.30. The lowest BCUT2D eigenvalue weighted by atomic mass is 10.2. The first kappa shape index (κ1) is 16.5. The molecule has 1 heterocycles. The van der Waals surface area contributed by atoms with Gasteiger partial charge in [-0.3, -0.25) is 4.79 Å². The van der Waals surface area contributed by atoms with Gasteiger partial charge in [0, 0.05) is 22.4 Å². The summed E-state index contributed by atoms with van der Waals surface area (Å²) in [5.41, 5.74) is 6.11. The van der Waals surface area contributed by atoms with Crippen LogP contribution in [0.5, 0.6) is 0 Å². The first-order valence-corrected chi connectivity index (χ1v) is 6.99. The van der Waals surface area contributed by atoms with Gasteiger partial charge < -0.3 is 15.5 Å². The Balaban J connectivity index is 0.00000180. The van der Waals surface area contributed by atoms with Crippen molar-refractivity contribution in [3.8, 4) is 0 Å².